The lowest BCUT2D eigenvalue weighted by molar-refractivity contribution is -0.150. The Kier molecular flexibility index (Phi) is 9.09. The Bertz CT molecular complexity index is 207. The van der Waals surface area contributed by atoms with Gasteiger partial charge < -0.3 is 15.2 Å². The molecule has 0 aromatic carbocycles. The van der Waals surface area contributed by atoms with Crippen molar-refractivity contribution in [3.63, 3.8) is 0 Å². The van der Waals surface area contributed by atoms with Crippen molar-refractivity contribution < 1.29 is 14.3 Å². The van der Waals surface area contributed by atoms with E-state index in [0.717, 1.165) is 12.8 Å². The molecule has 2 N–H and O–H groups in total. The van der Waals surface area contributed by atoms with Crippen molar-refractivity contribution in [3.8, 4) is 0 Å². The number of hydrogen-bond donors (Lipinski definition) is 1. The molecule has 0 amide bonds. The molecule has 0 bridgehead atoms. The molecule has 0 aliphatic rings. The molecule has 0 fully saturated rings. The standard InChI is InChI=1S/C13H27NO3/c1-10(2)7-12(9-14)8-13(15)17-11(3)5-6-16-4/h10-12H,5-9,14H2,1-4H3/t11-,12+/m1/s1. The van der Waals surface area contributed by atoms with Crippen LogP contribution in [0.3, 0.4) is 0 Å². The molecular weight excluding hydrogens is 218 g/mol. The molecular formula is C13H27NO3. The molecule has 0 aromatic rings. The van der Waals surface area contributed by atoms with Crippen LogP contribution in [0.15, 0.2) is 0 Å². The quantitative estimate of drug-likeness (QED) is 0.631. The summed E-state index contributed by atoms with van der Waals surface area (Å²) in [7, 11) is 1.64. The van der Waals surface area contributed by atoms with Crippen molar-refractivity contribution in [3.05, 3.63) is 0 Å². The lowest BCUT2D eigenvalue weighted by atomic mass is 9.94. The largest absolute Gasteiger partial charge is 0.463 e. The summed E-state index contributed by atoms with van der Waals surface area (Å²) in [6.07, 6.45) is 2.05. The molecule has 0 saturated carbocycles. The Morgan fingerprint density at radius 2 is 1.94 bits per heavy atom. The van der Waals surface area contributed by atoms with E-state index in [1.807, 2.05) is 6.92 Å². The number of carbonyl (C=O) groups excluding carboxylic acids is 1. The van der Waals surface area contributed by atoms with Gasteiger partial charge in [-0.05, 0) is 31.7 Å². The van der Waals surface area contributed by atoms with E-state index < -0.39 is 0 Å². The van der Waals surface area contributed by atoms with Crippen molar-refractivity contribution in [2.75, 3.05) is 20.3 Å². The van der Waals surface area contributed by atoms with Gasteiger partial charge >= 0.3 is 5.97 Å². The predicted molar refractivity (Wildman–Crippen MR) is 68.7 cm³/mol. The van der Waals surface area contributed by atoms with Gasteiger partial charge in [0.05, 0.1) is 0 Å². The third kappa shape index (κ3) is 9.12. The molecule has 102 valence electrons. The lowest BCUT2D eigenvalue weighted by Crippen LogP contribution is -2.23. The zero-order valence-corrected chi connectivity index (χ0v) is 11.6. The minimum Gasteiger partial charge on any atom is -0.463 e. The first-order valence-corrected chi connectivity index (χ1v) is 6.38. The topological polar surface area (TPSA) is 61.5 Å². The normalized spacial score (nSPS) is 14.7. The van der Waals surface area contributed by atoms with Gasteiger partial charge in [-0.15, -0.1) is 0 Å². The Morgan fingerprint density at radius 3 is 2.41 bits per heavy atom. The second-order valence-electron chi connectivity index (χ2n) is 5.02. The molecule has 0 aliphatic carbocycles. The Labute approximate surface area is 105 Å². The van der Waals surface area contributed by atoms with Crippen molar-refractivity contribution in [2.45, 2.75) is 46.1 Å². The van der Waals surface area contributed by atoms with E-state index in [9.17, 15) is 4.79 Å². The average Bonchev–Trinajstić information content (AvgIpc) is 2.24. The Balaban J connectivity index is 3.89. The summed E-state index contributed by atoms with van der Waals surface area (Å²) in [5, 5.41) is 0. The molecule has 0 rings (SSSR count). The number of ether oxygens (including phenoxy) is 2. The summed E-state index contributed by atoms with van der Waals surface area (Å²) in [6.45, 7) is 7.31. The number of hydrogen-bond acceptors (Lipinski definition) is 4. The number of carbonyl (C=O) groups is 1. The average molecular weight is 245 g/mol. The van der Waals surface area contributed by atoms with Crippen LogP contribution in [0.25, 0.3) is 0 Å². The minimum absolute atomic E-state index is 0.0834. The van der Waals surface area contributed by atoms with Gasteiger partial charge in [-0.25, -0.2) is 0 Å². The zero-order chi connectivity index (χ0) is 13.3. The smallest absolute Gasteiger partial charge is 0.306 e. The van der Waals surface area contributed by atoms with E-state index in [1.165, 1.54) is 0 Å². The third-order valence-corrected chi connectivity index (χ3v) is 2.65. The monoisotopic (exact) mass is 245 g/mol. The van der Waals surface area contributed by atoms with E-state index in [0.29, 0.717) is 25.5 Å². The molecule has 4 heteroatoms. The van der Waals surface area contributed by atoms with Crippen LogP contribution in [0.2, 0.25) is 0 Å². The van der Waals surface area contributed by atoms with Crippen LogP contribution >= 0.6 is 0 Å². The predicted octanol–water partition coefficient (Wildman–Crippen LogP) is 1.97. The van der Waals surface area contributed by atoms with E-state index >= 15 is 0 Å². The van der Waals surface area contributed by atoms with Gasteiger partial charge in [0.2, 0.25) is 0 Å². The lowest BCUT2D eigenvalue weighted by Gasteiger charge is -2.18. The van der Waals surface area contributed by atoms with Crippen LogP contribution in [-0.4, -0.2) is 32.3 Å². The molecule has 2 atom stereocenters. The molecule has 0 heterocycles. The van der Waals surface area contributed by atoms with Crippen molar-refractivity contribution in [1.29, 1.82) is 0 Å². The first-order chi connectivity index (χ1) is 7.99. The first-order valence-electron chi connectivity index (χ1n) is 6.38. The van der Waals surface area contributed by atoms with Crippen molar-refractivity contribution >= 4 is 5.97 Å². The Morgan fingerprint density at radius 1 is 1.29 bits per heavy atom. The molecule has 0 unspecified atom stereocenters. The highest BCUT2D eigenvalue weighted by Crippen LogP contribution is 2.15. The number of esters is 1. The first kappa shape index (κ1) is 16.4. The number of rotatable bonds is 9. The van der Waals surface area contributed by atoms with Crippen LogP contribution in [0.5, 0.6) is 0 Å². The van der Waals surface area contributed by atoms with Crippen LogP contribution in [0, 0.1) is 11.8 Å². The number of nitrogens with two attached hydrogens (primary N) is 1. The van der Waals surface area contributed by atoms with Crippen molar-refractivity contribution in [1.82, 2.24) is 0 Å². The van der Waals surface area contributed by atoms with Gasteiger partial charge in [0, 0.05) is 26.6 Å². The molecule has 17 heavy (non-hydrogen) atoms. The molecule has 0 aliphatic heterocycles. The SMILES string of the molecule is COCC[C@@H](C)OC(=O)C[C@@H](CN)CC(C)C. The summed E-state index contributed by atoms with van der Waals surface area (Å²) in [5.74, 6) is 0.643. The third-order valence-electron chi connectivity index (χ3n) is 2.65. The minimum atomic E-state index is -0.148. The van der Waals surface area contributed by atoms with Gasteiger partial charge in [0.1, 0.15) is 6.10 Å². The van der Waals surface area contributed by atoms with Crippen molar-refractivity contribution in [2.24, 2.45) is 17.6 Å². The maximum Gasteiger partial charge on any atom is 0.306 e. The maximum absolute atomic E-state index is 11.6. The van der Waals surface area contributed by atoms with Gasteiger partial charge in [-0.2, -0.15) is 0 Å². The molecule has 0 radical (unpaired) electrons. The molecule has 0 spiro atoms. The zero-order valence-electron chi connectivity index (χ0n) is 11.6. The van der Waals surface area contributed by atoms with E-state index in [1.54, 1.807) is 7.11 Å². The van der Waals surface area contributed by atoms with Gasteiger partial charge in [0.15, 0.2) is 0 Å². The van der Waals surface area contributed by atoms with E-state index in [2.05, 4.69) is 13.8 Å². The second-order valence-corrected chi connectivity index (χ2v) is 5.02. The summed E-state index contributed by atoms with van der Waals surface area (Å²) >= 11 is 0. The summed E-state index contributed by atoms with van der Waals surface area (Å²) in [6, 6.07) is 0. The van der Waals surface area contributed by atoms with Crippen LogP contribution in [0.1, 0.15) is 40.0 Å². The highest BCUT2D eigenvalue weighted by molar-refractivity contribution is 5.69. The fraction of sp³-hybridized carbons (Fsp3) is 0.923. The fourth-order valence-electron chi connectivity index (χ4n) is 1.78. The highest BCUT2D eigenvalue weighted by atomic mass is 16.5. The molecule has 0 saturated heterocycles. The van der Waals surface area contributed by atoms with Crippen LogP contribution < -0.4 is 5.73 Å². The van der Waals surface area contributed by atoms with E-state index in [4.69, 9.17) is 15.2 Å². The summed E-state index contributed by atoms with van der Waals surface area (Å²) in [4.78, 5) is 11.6. The van der Waals surface area contributed by atoms with Gasteiger partial charge in [-0.1, -0.05) is 13.8 Å². The molecule has 0 aromatic heterocycles. The van der Waals surface area contributed by atoms with E-state index in [-0.39, 0.29) is 18.0 Å². The van der Waals surface area contributed by atoms with Gasteiger partial charge in [-0.3, -0.25) is 4.79 Å². The number of methoxy groups -OCH3 is 1. The van der Waals surface area contributed by atoms with Crippen LogP contribution in [-0.2, 0) is 14.3 Å². The maximum atomic E-state index is 11.6. The van der Waals surface area contributed by atoms with Gasteiger partial charge in [0.25, 0.3) is 0 Å². The highest BCUT2D eigenvalue weighted by Gasteiger charge is 2.16. The summed E-state index contributed by atoms with van der Waals surface area (Å²) in [5.41, 5.74) is 5.65. The summed E-state index contributed by atoms with van der Waals surface area (Å²) < 4.78 is 10.2. The second kappa shape index (κ2) is 9.42. The Hall–Kier alpha value is -0.610. The van der Waals surface area contributed by atoms with Crippen LogP contribution in [0.4, 0.5) is 0 Å². The molecule has 4 nitrogen and oxygen atoms in total. The fourth-order valence-corrected chi connectivity index (χ4v) is 1.78.